The van der Waals surface area contributed by atoms with Crippen molar-refractivity contribution in [2.24, 2.45) is 0 Å². The van der Waals surface area contributed by atoms with Crippen molar-refractivity contribution in [2.75, 3.05) is 0 Å². The Morgan fingerprint density at radius 1 is 1.14 bits per heavy atom. The van der Waals surface area contributed by atoms with Gasteiger partial charge in [-0.2, -0.15) is 0 Å². The third-order valence-electron chi connectivity index (χ3n) is 2.79. The minimum Gasteiger partial charge on any atom is -0.491 e. The molecule has 0 spiro atoms. The monoisotopic (exact) mass is 286 g/mol. The summed E-state index contributed by atoms with van der Waals surface area (Å²) in [6.45, 7) is 4.10. The quantitative estimate of drug-likeness (QED) is 0.878. The maximum absolute atomic E-state index is 11.3. The second-order valence-electron chi connectivity index (χ2n) is 4.90. The van der Waals surface area contributed by atoms with Crippen LogP contribution in [0.15, 0.2) is 48.5 Å². The van der Waals surface area contributed by atoms with Crippen molar-refractivity contribution in [3.8, 4) is 11.5 Å². The Hall–Kier alpha value is -2.49. The van der Waals surface area contributed by atoms with E-state index in [1.807, 2.05) is 44.2 Å². The Morgan fingerprint density at radius 3 is 2.48 bits per heavy atom. The molecule has 2 aromatic carbocycles. The molecule has 0 saturated heterocycles. The van der Waals surface area contributed by atoms with E-state index in [0.29, 0.717) is 18.1 Å². The third-order valence-corrected chi connectivity index (χ3v) is 2.79. The van der Waals surface area contributed by atoms with Crippen molar-refractivity contribution < 1.29 is 19.4 Å². The molecule has 0 heterocycles. The summed E-state index contributed by atoms with van der Waals surface area (Å²) in [4.78, 5) is 11.3. The van der Waals surface area contributed by atoms with Gasteiger partial charge < -0.3 is 14.6 Å². The maximum Gasteiger partial charge on any atom is 0.339 e. The molecule has 0 radical (unpaired) electrons. The molecular formula is C17H18O4. The topological polar surface area (TPSA) is 55.8 Å². The highest BCUT2D eigenvalue weighted by Crippen LogP contribution is 2.26. The summed E-state index contributed by atoms with van der Waals surface area (Å²) in [6, 6.07) is 14.4. The number of carboxylic acid groups (broad SMARTS) is 1. The van der Waals surface area contributed by atoms with E-state index in [1.165, 1.54) is 6.07 Å². The number of carbonyl (C=O) groups is 1. The van der Waals surface area contributed by atoms with Gasteiger partial charge >= 0.3 is 5.97 Å². The number of benzene rings is 2. The van der Waals surface area contributed by atoms with E-state index in [-0.39, 0.29) is 11.7 Å². The minimum absolute atomic E-state index is 0.0114. The van der Waals surface area contributed by atoms with E-state index in [2.05, 4.69) is 0 Å². The summed E-state index contributed by atoms with van der Waals surface area (Å²) in [6.07, 6.45) is -0.0114. The first-order valence-electron chi connectivity index (χ1n) is 6.77. The molecule has 0 aliphatic heterocycles. The first-order valence-corrected chi connectivity index (χ1v) is 6.77. The van der Waals surface area contributed by atoms with E-state index >= 15 is 0 Å². The predicted molar refractivity (Wildman–Crippen MR) is 79.9 cm³/mol. The minimum atomic E-state index is -1.03. The number of ether oxygens (including phenoxy) is 2. The number of rotatable bonds is 6. The van der Waals surface area contributed by atoms with E-state index in [1.54, 1.807) is 12.1 Å². The number of hydrogen-bond acceptors (Lipinski definition) is 3. The number of hydrogen-bond donors (Lipinski definition) is 1. The lowest BCUT2D eigenvalue weighted by molar-refractivity contribution is 0.0691. The second kappa shape index (κ2) is 6.79. The van der Waals surface area contributed by atoms with Crippen LogP contribution in [0.4, 0.5) is 0 Å². The zero-order valence-corrected chi connectivity index (χ0v) is 12.1. The van der Waals surface area contributed by atoms with Gasteiger partial charge in [0.05, 0.1) is 6.10 Å². The molecule has 0 aromatic heterocycles. The lowest BCUT2D eigenvalue weighted by Crippen LogP contribution is -2.08. The fraction of sp³-hybridized carbons (Fsp3) is 0.235. The highest BCUT2D eigenvalue weighted by atomic mass is 16.5. The van der Waals surface area contributed by atoms with Crippen molar-refractivity contribution >= 4 is 5.97 Å². The predicted octanol–water partition coefficient (Wildman–Crippen LogP) is 3.75. The zero-order chi connectivity index (χ0) is 15.2. The normalized spacial score (nSPS) is 10.4. The van der Waals surface area contributed by atoms with Crippen LogP contribution in [0, 0.1) is 0 Å². The first-order chi connectivity index (χ1) is 10.1. The SMILES string of the molecule is CC(C)Oc1ccc(OCc2ccccc2)c(C(=O)O)c1. The zero-order valence-electron chi connectivity index (χ0n) is 12.1. The van der Waals surface area contributed by atoms with E-state index in [9.17, 15) is 9.90 Å². The molecule has 2 rings (SSSR count). The summed E-state index contributed by atoms with van der Waals surface area (Å²) in [5.41, 5.74) is 1.08. The molecular weight excluding hydrogens is 268 g/mol. The Labute approximate surface area is 123 Å². The average Bonchev–Trinajstić information content (AvgIpc) is 2.46. The maximum atomic E-state index is 11.3. The summed E-state index contributed by atoms with van der Waals surface area (Å²) in [7, 11) is 0. The molecule has 0 atom stereocenters. The highest BCUT2D eigenvalue weighted by Gasteiger charge is 2.13. The molecule has 0 unspecified atom stereocenters. The van der Waals surface area contributed by atoms with Crippen LogP contribution in [0.3, 0.4) is 0 Å². The second-order valence-corrected chi connectivity index (χ2v) is 4.90. The molecule has 0 aliphatic carbocycles. The van der Waals surface area contributed by atoms with Crippen LogP contribution in [0.25, 0.3) is 0 Å². The van der Waals surface area contributed by atoms with Crippen molar-refractivity contribution in [1.82, 2.24) is 0 Å². The Bertz CT molecular complexity index is 605. The van der Waals surface area contributed by atoms with E-state index in [0.717, 1.165) is 5.56 Å². The van der Waals surface area contributed by atoms with Gasteiger partial charge in [-0.1, -0.05) is 30.3 Å². The Kier molecular flexibility index (Phi) is 4.82. The van der Waals surface area contributed by atoms with Crippen LogP contribution in [-0.4, -0.2) is 17.2 Å². The number of carboxylic acids is 1. The molecule has 0 fully saturated rings. The van der Waals surface area contributed by atoms with Gasteiger partial charge in [0, 0.05) is 0 Å². The van der Waals surface area contributed by atoms with Crippen LogP contribution < -0.4 is 9.47 Å². The average molecular weight is 286 g/mol. The van der Waals surface area contributed by atoms with Gasteiger partial charge in [0.1, 0.15) is 23.7 Å². The lowest BCUT2D eigenvalue weighted by Gasteiger charge is -2.13. The smallest absolute Gasteiger partial charge is 0.339 e. The molecule has 0 saturated carbocycles. The molecule has 4 nitrogen and oxygen atoms in total. The van der Waals surface area contributed by atoms with Gasteiger partial charge in [0.2, 0.25) is 0 Å². The molecule has 0 amide bonds. The van der Waals surface area contributed by atoms with Crippen molar-refractivity contribution in [3.05, 3.63) is 59.7 Å². The molecule has 110 valence electrons. The summed E-state index contributed by atoms with van der Waals surface area (Å²) in [5, 5.41) is 9.29. The Morgan fingerprint density at radius 2 is 1.86 bits per heavy atom. The summed E-state index contributed by atoms with van der Waals surface area (Å²) < 4.78 is 11.1. The van der Waals surface area contributed by atoms with Crippen LogP contribution in [0.2, 0.25) is 0 Å². The standard InChI is InChI=1S/C17H18O4/c1-12(2)21-14-8-9-16(15(10-14)17(18)19)20-11-13-6-4-3-5-7-13/h3-10,12H,11H2,1-2H3,(H,18,19). The first kappa shape index (κ1) is 14.9. The van der Waals surface area contributed by atoms with Crippen molar-refractivity contribution in [2.45, 2.75) is 26.6 Å². The molecule has 4 heteroatoms. The van der Waals surface area contributed by atoms with Gasteiger partial charge in [0.25, 0.3) is 0 Å². The van der Waals surface area contributed by atoms with Crippen LogP contribution >= 0.6 is 0 Å². The van der Waals surface area contributed by atoms with Gasteiger partial charge in [-0.3, -0.25) is 0 Å². The van der Waals surface area contributed by atoms with Gasteiger partial charge in [-0.05, 0) is 37.6 Å². The fourth-order valence-electron chi connectivity index (χ4n) is 1.88. The van der Waals surface area contributed by atoms with Gasteiger partial charge in [-0.25, -0.2) is 4.79 Å². The number of aromatic carboxylic acids is 1. The van der Waals surface area contributed by atoms with Crippen LogP contribution in [0.1, 0.15) is 29.8 Å². The van der Waals surface area contributed by atoms with Crippen molar-refractivity contribution in [3.63, 3.8) is 0 Å². The summed E-state index contributed by atoms with van der Waals surface area (Å²) in [5.74, 6) is -0.177. The third kappa shape index (κ3) is 4.24. The van der Waals surface area contributed by atoms with Crippen LogP contribution in [-0.2, 0) is 6.61 Å². The van der Waals surface area contributed by atoms with Crippen molar-refractivity contribution in [1.29, 1.82) is 0 Å². The molecule has 0 aliphatic rings. The molecule has 1 N–H and O–H groups in total. The fourth-order valence-corrected chi connectivity index (χ4v) is 1.88. The van der Waals surface area contributed by atoms with Crippen LogP contribution in [0.5, 0.6) is 11.5 Å². The van der Waals surface area contributed by atoms with Gasteiger partial charge in [0.15, 0.2) is 0 Å². The van der Waals surface area contributed by atoms with E-state index in [4.69, 9.17) is 9.47 Å². The lowest BCUT2D eigenvalue weighted by atomic mass is 10.2. The van der Waals surface area contributed by atoms with Gasteiger partial charge in [-0.15, -0.1) is 0 Å². The molecule has 0 bridgehead atoms. The highest BCUT2D eigenvalue weighted by molar-refractivity contribution is 5.91. The largest absolute Gasteiger partial charge is 0.491 e. The molecule has 2 aromatic rings. The van der Waals surface area contributed by atoms with E-state index < -0.39 is 5.97 Å². The Balaban J connectivity index is 2.16. The summed E-state index contributed by atoms with van der Waals surface area (Å²) >= 11 is 0. The molecule has 21 heavy (non-hydrogen) atoms.